The van der Waals surface area contributed by atoms with Crippen LogP contribution in [0.15, 0.2) is 42.5 Å². The molecule has 2 aromatic carbocycles. The Morgan fingerprint density at radius 2 is 1.65 bits per heavy atom. The molecule has 0 aliphatic heterocycles. The van der Waals surface area contributed by atoms with E-state index in [0.29, 0.717) is 5.75 Å². The molecule has 1 N–H and O–H groups in total. The van der Waals surface area contributed by atoms with Gasteiger partial charge in [0.2, 0.25) is 5.91 Å². The fourth-order valence-corrected chi connectivity index (χ4v) is 2.13. The Morgan fingerprint density at radius 3 is 2.22 bits per heavy atom. The molecule has 0 spiro atoms. The lowest BCUT2D eigenvalue weighted by atomic mass is 10.1. The smallest absolute Gasteiger partial charge is 0.228 e. The van der Waals surface area contributed by atoms with E-state index < -0.39 is 5.97 Å². The number of hydrogen-bond donors (Lipinski definition) is 1. The third-order valence-electron chi connectivity index (χ3n) is 3.23. The molecule has 0 atom stereocenters. The van der Waals surface area contributed by atoms with E-state index in [4.69, 9.17) is 9.47 Å². The molecule has 0 aliphatic rings. The maximum atomic E-state index is 12.1. The molecule has 120 valence electrons. The first kappa shape index (κ1) is 16.4. The molecule has 0 unspecified atom stereocenters. The van der Waals surface area contributed by atoms with Gasteiger partial charge in [-0.05, 0) is 11.6 Å². The third kappa shape index (κ3) is 4.00. The summed E-state index contributed by atoms with van der Waals surface area (Å²) in [6, 6.07) is 11.8. The van der Waals surface area contributed by atoms with E-state index >= 15 is 0 Å². The number of methoxy groups -OCH3 is 2. The average molecular weight is 314 g/mol. The van der Waals surface area contributed by atoms with Crippen LogP contribution in [0.4, 0.5) is 5.69 Å². The Labute approximate surface area is 133 Å². The summed E-state index contributed by atoms with van der Waals surface area (Å²) < 4.78 is 10.2. The Bertz CT molecular complexity index is 712. The van der Waals surface area contributed by atoms with Crippen molar-refractivity contribution in [1.29, 1.82) is 0 Å². The van der Waals surface area contributed by atoms with Gasteiger partial charge in [0, 0.05) is 11.6 Å². The van der Waals surface area contributed by atoms with Gasteiger partial charge in [-0.15, -0.1) is 0 Å². The van der Waals surface area contributed by atoms with Gasteiger partial charge in [-0.1, -0.05) is 30.3 Å². The first-order valence-corrected chi connectivity index (χ1v) is 6.86. The summed E-state index contributed by atoms with van der Waals surface area (Å²) >= 11 is 0. The number of nitrogens with one attached hydrogen (secondary N) is 1. The molecule has 6 heteroatoms. The quantitative estimate of drug-likeness (QED) is 0.867. The van der Waals surface area contributed by atoms with Gasteiger partial charge in [0.25, 0.3) is 0 Å². The maximum Gasteiger partial charge on any atom is 0.228 e. The number of rotatable bonds is 6. The lowest BCUT2D eigenvalue weighted by molar-refractivity contribution is -0.254. The predicted octanol–water partition coefficient (Wildman–Crippen LogP) is 1.25. The van der Waals surface area contributed by atoms with Crippen molar-refractivity contribution >= 4 is 17.6 Å². The van der Waals surface area contributed by atoms with E-state index in [0.717, 1.165) is 5.56 Å². The number of carboxylic acids is 1. The van der Waals surface area contributed by atoms with Crippen LogP contribution in [0.3, 0.4) is 0 Å². The summed E-state index contributed by atoms with van der Waals surface area (Å²) in [7, 11) is 2.82. The van der Waals surface area contributed by atoms with Crippen LogP contribution in [-0.2, 0) is 11.2 Å². The van der Waals surface area contributed by atoms with Crippen LogP contribution in [0.2, 0.25) is 0 Å². The molecule has 0 saturated carbocycles. The molecule has 0 saturated heterocycles. The van der Waals surface area contributed by atoms with Crippen LogP contribution in [0.25, 0.3) is 0 Å². The largest absolute Gasteiger partial charge is 0.545 e. The normalized spacial score (nSPS) is 10.0. The zero-order chi connectivity index (χ0) is 16.8. The van der Waals surface area contributed by atoms with Crippen LogP contribution in [0, 0.1) is 0 Å². The van der Waals surface area contributed by atoms with Crippen molar-refractivity contribution in [2.75, 3.05) is 19.5 Å². The Balaban J connectivity index is 2.27. The molecule has 0 fully saturated rings. The van der Waals surface area contributed by atoms with Crippen molar-refractivity contribution in [2.45, 2.75) is 6.42 Å². The topological polar surface area (TPSA) is 87.7 Å². The van der Waals surface area contributed by atoms with Gasteiger partial charge >= 0.3 is 0 Å². The minimum atomic E-state index is -1.42. The number of carboxylic acid groups (broad SMARTS) is 1. The minimum Gasteiger partial charge on any atom is -0.545 e. The Hall–Kier alpha value is -3.02. The highest BCUT2D eigenvalue weighted by Gasteiger charge is 2.14. The molecule has 23 heavy (non-hydrogen) atoms. The molecular formula is C17H16NO5-. The van der Waals surface area contributed by atoms with Crippen LogP contribution in [-0.4, -0.2) is 26.1 Å². The van der Waals surface area contributed by atoms with E-state index in [-0.39, 0.29) is 29.3 Å². The van der Waals surface area contributed by atoms with Crippen molar-refractivity contribution in [1.82, 2.24) is 0 Å². The number of benzene rings is 2. The number of hydrogen-bond acceptors (Lipinski definition) is 5. The first-order valence-electron chi connectivity index (χ1n) is 6.86. The number of aromatic carboxylic acids is 1. The van der Waals surface area contributed by atoms with E-state index in [1.165, 1.54) is 26.4 Å². The summed E-state index contributed by atoms with van der Waals surface area (Å²) in [5.41, 5.74) is 0.744. The molecule has 0 aromatic heterocycles. The van der Waals surface area contributed by atoms with Crippen molar-refractivity contribution < 1.29 is 24.2 Å². The SMILES string of the molecule is COc1cc(NC(=O)Cc2ccccc2)c(C(=O)[O-])cc1OC. The molecule has 0 heterocycles. The summed E-state index contributed by atoms with van der Waals surface area (Å²) in [6.07, 6.45) is 0.127. The van der Waals surface area contributed by atoms with Gasteiger partial charge in [0.1, 0.15) is 0 Å². The van der Waals surface area contributed by atoms with Crippen LogP contribution >= 0.6 is 0 Å². The molecule has 0 radical (unpaired) electrons. The highest BCUT2D eigenvalue weighted by Crippen LogP contribution is 2.33. The highest BCUT2D eigenvalue weighted by atomic mass is 16.5. The van der Waals surface area contributed by atoms with E-state index in [1.54, 1.807) is 0 Å². The van der Waals surface area contributed by atoms with Gasteiger partial charge in [-0.2, -0.15) is 0 Å². The number of carbonyl (C=O) groups excluding carboxylic acids is 2. The molecule has 0 aliphatic carbocycles. The lowest BCUT2D eigenvalue weighted by Crippen LogP contribution is -2.25. The number of carbonyl (C=O) groups is 2. The van der Waals surface area contributed by atoms with Crippen molar-refractivity contribution in [3.8, 4) is 11.5 Å². The molecule has 2 rings (SSSR count). The summed E-state index contributed by atoms with van der Waals surface area (Å²) in [5.74, 6) is -1.20. The number of amides is 1. The molecule has 6 nitrogen and oxygen atoms in total. The van der Waals surface area contributed by atoms with Crippen molar-refractivity contribution in [2.24, 2.45) is 0 Å². The average Bonchev–Trinajstić information content (AvgIpc) is 2.54. The fourth-order valence-electron chi connectivity index (χ4n) is 2.13. The van der Waals surface area contributed by atoms with Crippen molar-refractivity contribution in [3.63, 3.8) is 0 Å². The van der Waals surface area contributed by atoms with E-state index in [1.807, 2.05) is 30.3 Å². The zero-order valence-corrected chi connectivity index (χ0v) is 12.8. The van der Waals surface area contributed by atoms with Gasteiger partial charge in [-0.25, -0.2) is 0 Å². The first-order chi connectivity index (χ1) is 11.0. The third-order valence-corrected chi connectivity index (χ3v) is 3.23. The second-order valence-corrected chi connectivity index (χ2v) is 4.75. The van der Waals surface area contributed by atoms with Gasteiger partial charge in [0.15, 0.2) is 11.5 Å². The van der Waals surface area contributed by atoms with Gasteiger partial charge < -0.3 is 24.7 Å². The van der Waals surface area contributed by atoms with E-state index in [9.17, 15) is 14.7 Å². The summed E-state index contributed by atoms with van der Waals surface area (Å²) in [6.45, 7) is 0. The molecular weight excluding hydrogens is 298 g/mol. The second kappa shape index (κ2) is 7.31. The van der Waals surface area contributed by atoms with Crippen molar-refractivity contribution in [3.05, 3.63) is 53.6 Å². The van der Waals surface area contributed by atoms with E-state index in [2.05, 4.69) is 5.32 Å². The van der Waals surface area contributed by atoms with Crippen LogP contribution in [0.5, 0.6) is 11.5 Å². The Kier molecular flexibility index (Phi) is 5.19. The molecule has 1 amide bonds. The summed E-state index contributed by atoms with van der Waals surface area (Å²) in [4.78, 5) is 23.4. The van der Waals surface area contributed by atoms with Gasteiger partial charge in [-0.3, -0.25) is 4.79 Å². The molecule has 0 bridgehead atoms. The predicted molar refractivity (Wildman–Crippen MR) is 82.7 cm³/mol. The fraction of sp³-hybridized carbons (Fsp3) is 0.176. The monoisotopic (exact) mass is 314 g/mol. The number of anilines is 1. The maximum absolute atomic E-state index is 12.1. The second-order valence-electron chi connectivity index (χ2n) is 4.75. The van der Waals surface area contributed by atoms with Crippen LogP contribution in [0.1, 0.15) is 15.9 Å². The minimum absolute atomic E-state index is 0.101. The zero-order valence-electron chi connectivity index (χ0n) is 12.8. The summed E-state index contributed by atoms with van der Waals surface area (Å²) in [5, 5.41) is 13.8. The highest BCUT2D eigenvalue weighted by molar-refractivity contribution is 6.01. The standard InChI is InChI=1S/C17H17NO5/c1-22-14-9-12(17(20)21)13(10-15(14)23-2)18-16(19)8-11-6-4-3-5-7-11/h3-7,9-10H,8H2,1-2H3,(H,18,19)(H,20,21)/p-1. The van der Waals surface area contributed by atoms with Crippen LogP contribution < -0.4 is 19.9 Å². The Morgan fingerprint density at radius 1 is 1.04 bits per heavy atom. The lowest BCUT2D eigenvalue weighted by Gasteiger charge is -2.16. The number of ether oxygens (including phenoxy) is 2. The molecule has 2 aromatic rings. The van der Waals surface area contributed by atoms with Gasteiger partial charge in [0.05, 0.1) is 32.3 Å².